The molecular weight excluding hydrogens is 971 g/mol. The number of carbonyl (C=O) groups is 1. The van der Waals surface area contributed by atoms with E-state index >= 15 is 0 Å². The molecule has 6 N–H and O–H groups in total. The van der Waals surface area contributed by atoms with Gasteiger partial charge in [-0.05, 0) is 70.6 Å². The Morgan fingerprint density at radius 3 is 1.18 bits per heavy atom. The highest BCUT2D eigenvalue weighted by Gasteiger charge is 2.44. The van der Waals surface area contributed by atoms with E-state index in [1.54, 1.807) is 0 Å². The van der Waals surface area contributed by atoms with Crippen molar-refractivity contribution in [3.63, 3.8) is 0 Å². The van der Waals surface area contributed by atoms with Crippen LogP contribution < -0.4 is 5.32 Å². The molecule has 1 aliphatic heterocycles. The number of unbranched alkanes of at least 4 members (excludes halogenated alkanes) is 32. The van der Waals surface area contributed by atoms with Crippen molar-refractivity contribution in [1.29, 1.82) is 0 Å². The molecule has 0 saturated carbocycles. The number of ether oxygens (including phenoxy) is 2. The van der Waals surface area contributed by atoms with Crippen LogP contribution >= 0.6 is 0 Å². The minimum absolute atomic E-state index is 0.143. The number of hydrogen-bond acceptors (Lipinski definition) is 8. The molecule has 7 unspecified atom stereocenters. The number of carbonyl (C=O) groups excluding carboxylic acids is 1. The second kappa shape index (κ2) is 57.6. The van der Waals surface area contributed by atoms with Gasteiger partial charge in [0.1, 0.15) is 24.4 Å². The highest BCUT2D eigenvalue weighted by atomic mass is 16.7. The van der Waals surface area contributed by atoms with E-state index in [0.717, 1.165) is 89.9 Å². The van der Waals surface area contributed by atoms with Crippen LogP contribution in [0.25, 0.3) is 0 Å². The van der Waals surface area contributed by atoms with Crippen molar-refractivity contribution in [2.75, 3.05) is 13.2 Å². The first-order valence-corrected chi connectivity index (χ1v) is 32.8. The van der Waals surface area contributed by atoms with E-state index in [2.05, 4.69) is 104 Å². The van der Waals surface area contributed by atoms with Crippen LogP contribution in [0.15, 0.2) is 85.1 Å². The first-order valence-electron chi connectivity index (χ1n) is 32.8. The molecule has 1 heterocycles. The van der Waals surface area contributed by atoms with Crippen LogP contribution in [-0.2, 0) is 14.3 Å². The Labute approximate surface area is 480 Å². The molecule has 9 heteroatoms. The normalized spacial score (nSPS) is 19.2. The van der Waals surface area contributed by atoms with E-state index < -0.39 is 49.5 Å². The van der Waals surface area contributed by atoms with E-state index in [4.69, 9.17) is 9.47 Å². The summed E-state index contributed by atoms with van der Waals surface area (Å²) in [5, 5.41) is 54.9. The van der Waals surface area contributed by atoms with Crippen LogP contribution in [0, 0.1) is 0 Å². The van der Waals surface area contributed by atoms with E-state index in [9.17, 15) is 30.3 Å². The average Bonchev–Trinajstić information content (AvgIpc) is 3.45. The lowest BCUT2D eigenvalue weighted by molar-refractivity contribution is -0.302. The quantitative estimate of drug-likeness (QED) is 0.0261. The number of rotatable bonds is 56. The van der Waals surface area contributed by atoms with Crippen LogP contribution in [0.2, 0.25) is 0 Å². The van der Waals surface area contributed by atoms with Gasteiger partial charge in [-0.1, -0.05) is 298 Å². The molecule has 9 nitrogen and oxygen atoms in total. The molecule has 0 spiro atoms. The second-order valence-electron chi connectivity index (χ2n) is 22.5. The van der Waals surface area contributed by atoms with Gasteiger partial charge in [-0.3, -0.25) is 4.79 Å². The maximum Gasteiger partial charge on any atom is 0.220 e. The molecule has 0 bridgehead atoms. The Kier molecular flexibility index (Phi) is 54.2. The van der Waals surface area contributed by atoms with Crippen molar-refractivity contribution in [2.24, 2.45) is 0 Å². The van der Waals surface area contributed by atoms with Gasteiger partial charge in [0.25, 0.3) is 0 Å². The maximum atomic E-state index is 13.1. The fourth-order valence-electron chi connectivity index (χ4n) is 10.1. The minimum atomic E-state index is -1.56. The molecule has 7 atom stereocenters. The lowest BCUT2D eigenvalue weighted by Crippen LogP contribution is -2.60. The summed E-state index contributed by atoms with van der Waals surface area (Å²) in [7, 11) is 0. The highest BCUT2D eigenvalue weighted by Crippen LogP contribution is 2.23. The largest absolute Gasteiger partial charge is 0.394 e. The van der Waals surface area contributed by atoms with E-state index in [1.165, 1.54) is 173 Å². The molecule has 1 aliphatic rings. The van der Waals surface area contributed by atoms with Crippen LogP contribution in [0.1, 0.15) is 290 Å². The molecule has 78 heavy (non-hydrogen) atoms. The summed E-state index contributed by atoms with van der Waals surface area (Å²) in [5.41, 5.74) is 0. The molecule has 1 fully saturated rings. The van der Waals surface area contributed by atoms with Crippen molar-refractivity contribution >= 4 is 5.91 Å². The molecule has 0 aliphatic carbocycles. The lowest BCUT2D eigenvalue weighted by Gasteiger charge is -2.40. The zero-order valence-electron chi connectivity index (χ0n) is 50.4. The van der Waals surface area contributed by atoms with Crippen LogP contribution in [0.3, 0.4) is 0 Å². The third kappa shape index (κ3) is 46.0. The Morgan fingerprint density at radius 1 is 0.449 bits per heavy atom. The molecule has 452 valence electrons. The van der Waals surface area contributed by atoms with Crippen molar-refractivity contribution < 1.29 is 39.8 Å². The topological polar surface area (TPSA) is 149 Å². The van der Waals surface area contributed by atoms with Crippen molar-refractivity contribution in [3.05, 3.63) is 85.1 Å². The van der Waals surface area contributed by atoms with Gasteiger partial charge in [-0.15, -0.1) is 0 Å². The van der Waals surface area contributed by atoms with Gasteiger partial charge >= 0.3 is 0 Å². The van der Waals surface area contributed by atoms with Gasteiger partial charge in [0, 0.05) is 6.42 Å². The van der Waals surface area contributed by atoms with E-state index in [0.29, 0.717) is 12.8 Å². The zero-order chi connectivity index (χ0) is 56.5. The first kappa shape index (κ1) is 73.4. The number of allylic oxidation sites excluding steroid dienone is 14. The Morgan fingerprint density at radius 2 is 0.795 bits per heavy atom. The van der Waals surface area contributed by atoms with Crippen LogP contribution in [-0.4, -0.2) is 87.5 Å². The fourth-order valence-corrected chi connectivity index (χ4v) is 10.1. The monoisotopic (exact) mass is 1090 g/mol. The predicted molar refractivity (Wildman–Crippen MR) is 332 cm³/mol. The van der Waals surface area contributed by atoms with Crippen molar-refractivity contribution in [3.8, 4) is 0 Å². The Balaban J connectivity index is 2.17. The van der Waals surface area contributed by atoms with Gasteiger partial charge in [0.2, 0.25) is 5.91 Å². The molecule has 0 aromatic rings. The van der Waals surface area contributed by atoms with Gasteiger partial charge in [0.15, 0.2) is 6.29 Å². The molecule has 1 rings (SSSR count). The number of hydrogen-bond donors (Lipinski definition) is 6. The average molecular weight is 1090 g/mol. The van der Waals surface area contributed by atoms with Gasteiger partial charge in [-0.2, -0.15) is 0 Å². The van der Waals surface area contributed by atoms with Crippen LogP contribution in [0.4, 0.5) is 0 Å². The summed E-state index contributed by atoms with van der Waals surface area (Å²) in [6, 6.07) is -0.729. The minimum Gasteiger partial charge on any atom is -0.394 e. The summed E-state index contributed by atoms with van der Waals surface area (Å²) in [4.78, 5) is 13.1. The van der Waals surface area contributed by atoms with Gasteiger partial charge < -0.3 is 40.3 Å². The molecule has 1 saturated heterocycles. The van der Waals surface area contributed by atoms with Crippen molar-refractivity contribution in [1.82, 2.24) is 5.32 Å². The summed E-state index contributed by atoms with van der Waals surface area (Å²) in [6.45, 7) is 3.75. The van der Waals surface area contributed by atoms with E-state index in [1.807, 2.05) is 0 Å². The molecule has 0 radical (unpaired) electrons. The summed E-state index contributed by atoms with van der Waals surface area (Å²) < 4.78 is 11.4. The fraction of sp³-hybridized carbons (Fsp3) is 0.783. The summed E-state index contributed by atoms with van der Waals surface area (Å²) in [6.07, 6.45) is 74.8. The van der Waals surface area contributed by atoms with Gasteiger partial charge in [-0.25, -0.2) is 0 Å². The van der Waals surface area contributed by atoms with Crippen molar-refractivity contribution in [2.45, 2.75) is 333 Å². The third-order valence-corrected chi connectivity index (χ3v) is 15.3. The smallest absolute Gasteiger partial charge is 0.220 e. The second-order valence-corrected chi connectivity index (χ2v) is 22.5. The summed E-state index contributed by atoms with van der Waals surface area (Å²) >= 11 is 0. The molecule has 0 aromatic heterocycles. The molecule has 1 amide bonds. The Hall–Kier alpha value is -2.63. The number of aliphatic hydroxyl groups is 5. The standard InChI is InChI=1S/C69H123NO8/c1-3-5-7-9-11-13-15-17-19-21-23-25-27-29-30-31-32-33-34-35-37-39-41-43-45-47-49-51-53-55-57-59-65(73)70-62(61-77-69-68(76)67(75)66(74)64(60-71)78-69)63(72)58-56-54-52-50-48-46-44-42-40-38-36-28-26-24-22-20-18-16-14-12-10-8-6-4-2/h5,7,11,13,17,19,23,25,29-30,32-33,35,37,62-64,66-69,71-72,74-76H,3-4,6,8-10,12,14-16,18,20-22,24,26-28,31,34,36,38-61H2,1-2H3,(H,70,73)/b7-5-,13-11-,19-17-,25-23-,30-29-,33-32-,37-35-. The SMILES string of the molecule is CC/C=C\C/C=C\C/C=C\C/C=C\C/C=C\C/C=C\C/C=C\CCCCCCCCCCCC(=O)NC(COC1OC(CO)C(O)C(O)C1O)C(O)CCCCCCCCCCCCCCCCCCCCCCCCCC. The zero-order valence-corrected chi connectivity index (χ0v) is 50.4. The maximum absolute atomic E-state index is 13.1. The lowest BCUT2D eigenvalue weighted by atomic mass is 9.99. The summed E-state index contributed by atoms with van der Waals surface area (Å²) in [5.74, 6) is -0.151. The Bertz CT molecular complexity index is 1500. The number of aliphatic hydroxyl groups excluding tert-OH is 5. The number of amides is 1. The first-order chi connectivity index (χ1) is 38.3. The van der Waals surface area contributed by atoms with Crippen LogP contribution in [0.5, 0.6) is 0 Å². The highest BCUT2D eigenvalue weighted by molar-refractivity contribution is 5.76. The number of nitrogens with one attached hydrogen (secondary N) is 1. The van der Waals surface area contributed by atoms with E-state index in [-0.39, 0.29) is 12.5 Å². The molecule has 0 aromatic carbocycles. The molecular formula is C69H123NO8. The predicted octanol–water partition coefficient (Wildman–Crippen LogP) is 17.4. The van der Waals surface area contributed by atoms with Gasteiger partial charge in [0.05, 0.1) is 25.4 Å². The third-order valence-electron chi connectivity index (χ3n) is 15.3.